The maximum absolute atomic E-state index is 11.1. The summed E-state index contributed by atoms with van der Waals surface area (Å²) in [5.74, 6) is 0.424. The molecule has 0 radical (unpaired) electrons. The number of rotatable bonds is 3. The Hall–Kier alpha value is -0.540. The van der Waals surface area contributed by atoms with Crippen molar-refractivity contribution in [2.45, 2.75) is 17.6 Å². The number of carbonyl (C=O) groups excluding carboxylic acids is 1. The van der Waals surface area contributed by atoms with Gasteiger partial charge < -0.3 is 5.11 Å². The molecule has 0 fully saturated rings. The van der Waals surface area contributed by atoms with E-state index in [0.29, 0.717) is 11.4 Å². The number of alkyl halides is 2. The molecule has 0 saturated carbocycles. The first-order chi connectivity index (χ1) is 6.56. The Kier molecular flexibility index (Phi) is 3.96. The fourth-order valence-electron chi connectivity index (χ4n) is 1.11. The summed E-state index contributed by atoms with van der Waals surface area (Å²) in [6, 6.07) is 5.00. The van der Waals surface area contributed by atoms with Crippen molar-refractivity contribution in [2.24, 2.45) is 0 Å². The van der Waals surface area contributed by atoms with Gasteiger partial charge in [-0.05, 0) is 24.6 Å². The minimum atomic E-state index is -0.467. The van der Waals surface area contributed by atoms with Crippen LogP contribution < -0.4 is 0 Å². The zero-order valence-corrected chi connectivity index (χ0v) is 9.97. The number of ketones is 1. The van der Waals surface area contributed by atoms with Gasteiger partial charge in [0.1, 0.15) is 16.4 Å². The molecule has 1 N–H and O–H groups in total. The Bertz CT molecular complexity index is 352. The van der Waals surface area contributed by atoms with E-state index in [9.17, 15) is 9.90 Å². The number of hydrogen-bond donors (Lipinski definition) is 1. The molecule has 0 aliphatic carbocycles. The van der Waals surface area contributed by atoms with Gasteiger partial charge in [0.25, 0.3) is 0 Å². The van der Waals surface area contributed by atoms with Crippen molar-refractivity contribution in [2.75, 3.05) is 0 Å². The number of Topliss-reactive ketones (excluding diaryl/α,β-unsaturated/α-hetero) is 1. The van der Waals surface area contributed by atoms with E-state index in [1.807, 2.05) is 0 Å². The van der Waals surface area contributed by atoms with Gasteiger partial charge in [0.2, 0.25) is 0 Å². The monoisotopic (exact) mass is 276 g/mol. The molecule has 0 aliphatic rings. The average Bonchev–Trinajstić information content (AvgIpc) is 2.17. The Morgan fingerprint density at radius 2 is 2.29 bits per heavy atom. The van der Waals surface area contributed by atoms with Gasteiger partial charge in [-0.1, -0.05) is 22.0 Å². The summed E-state index contributed by atoms with van der Waals surface area (Å²) in [6.45, 7) is 1.46. The third kappa shape index (κ3) is 2.49. The Labute approximate surface area is 96.0 Å². The molecule has 1 atom stereocenters. The van der Waals surface area contributed by atoms with Crippen molar-refractivity contribution in [1.82, 2.24) is 0 Å². The highest BCUT2D eigenvalue weighted by Gasteiger charge is 2.16. The summed E-state index contributed by atoms with van der Waals surface area (Å²) in [4.78, 5) is 10.6. The summed E-state index contributed by atoms with van der Waals surface area (Å²) >= 11 is 8.87. The summed E-state index contributed by atoms with van der Waals surface area (Å²) < 4.78 is 0. The number of hydrogen-bond acceptors (Lipinski definition) is 2. The molecule has 0 spiro atoms. The molecule has 1 aromatic rings. The van der Waals surface area contributed by atoms with Gasteiger partial charge >= 0.3 is 0 Å². The van der Waals surface area contributed by atoms with Gasteiger partial charge in [-0.2, -0.15) is 0 Å². The van der Waals surface area contributed by atoms with Crippen LogP contribution >= 0.6 is 27.5 Å². The molecule has 0 aliphatic heterocycles. The van der Waals surface area contributed by atoms with Gasteiger partial charge in [0.05, 0.1) is 0 Å². The van der Waals surface area contributed by atoms with Crippen molar-refractivity contribution in [3.05, 3.63) is 29.3 Å². The maximum atomic E-state index is 11.1. The van der Waals surface area contributed by atoms with Crippen molar-refractivity contribution < 1.29 is 9.90 Å². The van der Waals surface area contributed by atoms with E-state index in [0.717, 1.165) is 5.56 Å². The molecule has 4 heteroatoms. The van der Waals surface area contributed by atoms with Gasteiger partial charge in [0.15, 0.2) is 0 Å². The number of phenolic OH excluding ortho intramolecular Hbond substituents is 1. The first-order valence-electron chi connectivity index (χ1n) is 4.08. The zero-order chi connectivity index (χ0) is 10.7. The van der Waals surface area contributed by atoms with E-state index >= 15 is 0 Å². The van der Waals surface area contributed by atoms with Crippen LogP contribution in [0.3, 0.4) is 0 Å². The number of halogens is 2. The van der Waals surface area contributed by atoms with E-state index in [4.69, 9.17) is 11.6 Å². The fraction of sp³-hybridized carbons (Fsp3) is 0.300. The molecule has 14 heavy (non-hydrogen) atoms. The molecule has 0 amide bonds. The third-order valence-electron chi connectivity index (χ3n) is 1.88. The predicted molar refractivity (Wildman–Crippen MR) is 60.0 cm³/mol. The SMILES string of the molecule is CC(=O)C(Br)c1cc(CCl)ccc1O. The van der Waals surface area contributed by atoms with Crippen LogP contribution in [0.2, 0.25) is 0 Å². The van der Waals surface area contributed by atoms with Gasteiger partial charge in [-0.15, -0.1) is 11.6 Å². The van der Waals surface area contributed by atoms with Crippen LogP contribution in [0, 0.1) is 0 Å². The van der Waals surface area contributed by atoms with E-state index in [1.54, 1.807) is 18.2 Å². The Morgan fingerprint density at radius 1 is 1.64 bits per heavy atom. The van der Waals surface area contributed by atoms with Crippen molar-refractivity contribution >= 4 is 33.3 Å². The number of carbonyl (C=O) groups is 1. The number of benzene rings is 1. The molecular weight excluding hydrogens is 267 g/mol. The highest BCUT2D eigenvalue weighted by atomic mass is 79.9. The second-order valence-electron chi connectivity index (χ2n) is 3.00. The fourth-order valence-corrected chi connectivity index (χ4v) is 1.64. The summed E-state index contributed by atoms with van der Waals surface area (Å²) in [5, 5.41) is 9.52. The normalized spacial score (nSPS) is 12.5. The van der Waals surface area contributed by atoms with Crippen LogP contribution in [-0.4, -0.2) is 10.9 Å². The molecule has 2 nitrogen and oxygen atoms in total. The van der Waals surface area contributed by atoms with Crippen LogP contribution in [0.4, 0.5) is 0 Å². The Balaban J connectivity index is 3.11. The summed E-state index contributed by atoms with van der Waals surface area (Å²) in [6.07, 6.45) is 0. The van der Waals surface area contributed by atoms with Crippen LogP contribution in [0.1, 0.15) is 22.9 Å². The lowest BCUT2D eigenvalue weighted by Crippen LogP contribution is -2.01. The van der Waals surface area contributed by atoms with Crippen LogP contribution in [0.15, 0.2) is 18.2 Å². The van der Waals surface area contributed by atoms with E-state index in [1.165, 1.54) is 6.92 Å². The number of phenols is 1. The second-order valence-corrected chi connectivity index (χ2v) is 4.18. The highest BCUT2D eigenvalue weighted by molar-refractivity contribution is 9.09. The highest BCUT2D eigenvalue weighted by Crippen LogP contribution is 2.32. The molecule has 1 rings (SSSR count). The predicted octanol–water partition coefficient (Wildman–Crippen LogP) is 3.16. The quantitative estimate of drug-likeness (QED) is 0.862. The maximum Gasteiger partial charge on any atom is 0.147 e. The molecule has 0 saturated heterocycles. The molecule has 1 aromatic carbocycles. The standard InChI is InChI=1S/C10H10BrClO2/c1-6(13)10(11)8-4-7(5-12)2-3-9(8)14/h2-4,10,14H,5H2,1H3. The lowest BCUT2D eigenvalue weighted by atomic mass is 10.1. The lowest BCUT2D eigenvalue weighted by molar-refractivity contribution is -0.116. The largest absolute Gasteiger partial charge is 0.508 e. The van der Waals surface area contributed by atoms with Gasteiger partial charge in [0, 0.05) is 11.4 Å². The molecule has 0 aromatic heterocycles. The molecule has 0 heterocycles. The van der Waals surface area contributed by atoms with E-state index in [2.05, 4.69) is 15.9 Å². The first kappa shape index (κ1) is 11.5. The first-order valence-corrected chi connectivity index (χ1v) is 5.53. The smallest absolute Gasteiger partial charge is 0.147 e. The van der Waals surface area contributed by atoms with E-state index in [-0.39, 0.29) is 11.5 Å². The molecule has 1 unspecified atom stereocenters. The van der Waals surface area contributed by atoms with E-state index < -0.39 is 4.83 Å². The Morgan fingerprint density at radius 3 is 2.79 bits per heavy atom. The van der Waals surface area contributed by atoms with Crippen LogP contribution in [0.5, 0.6) is 5.75 Å². The lowest BCUT2D eigenvalue weighted by Gasteiger charge is -2.09. The van der Waals surface area contributed by atoms with Crippen LogP contribution in [-0.2, 0) is 10.7 Å². The van der Waals surface area contributed by atoms with Gasteiger partial charge in [-0.3, -0.25) is 4.79 Å². The minimum Gasteiger partial charge on any atom is -0.508 e. The van der Waals surface area contributed by atoms with Gasteiger partial charge in [-0.25, -0.2) is 0 Å². The summed E-state index contributed by atoms with van der Waals surface area (Å²) in [7, 11) is 0. The zero-order valence-electron chi connectivity index (χ0n) is 7.63. The van der Waals surface area contributed by atoms with Crippen molar-refractivity contribution in [3.8, 4) is 5.75 Å². The molecular formula is C10H10BrClO2. The number of aromatic hydroxyl groups is 1. The molecule has 0 bridgehead atoms. The van der Waals surface area contributed by atoms with Crippen LogP contribution in [0.25, 0.3) is 0 Å². The van der Waals surface area contributed by atoms with Crippen molar-refractivity contribution in [3.63, 3.8) is 0 Å². The second kappa shape index (κ2) is 4.80. The average molecular weight is 278 g/mol. The summed E-state index contributed by atoms with van der Waals surface area (Å²) in [5.41, 5.74) is 1.45. The topological polar surface area (TPSA) is 37.3 Å². The third-order valence-corrected chi connectivity index (χ3v) is 3.32. The van der Waals surface area contributed by atoms with Crippen molar-refractivity contribution in [1.29, 1.82) is 0 Å². The molecule has 76 valence electrons. The minimum absolute atomic E-state index is 0.0491.